The van der Waals surface area contributed by atoms with Gasteiger partial charge in [0.05, 0.1) is 33.0 Å². The van der Waals surface area contributed by atoms with E-state index in [9.17, 15) is 0 Å². The Balaban J connectivity index is 3.08. The van der Waals surface area contributed by atoms with E-state index in [2.05, 4.69) is 0 Å². The van der Waals surface area contributed by atoms with Gasteiger partial charge >= 0.3 is 0 Å². The molecule has 0 aromatic rings. The maximum atomic E-state index is 8.97. The van der Waals surface area contributed by atoms with Crippen LogP contribution in [0.25, 0.3) is 0 Å². The summed E-state index contributed by atoms with van der Waals surface area (Å²) in [5, 5.41) is 17.5. The fourth-order valence-corrected chi connectivity index (χ4v) is 0.792. The molecule has 0 rings (SSSR count). The highest BCUT2D eigenvalue weighted by Crippen LogP contribution is 1.90. The molecule has 0 aromatic heterocycles. The molecule has 0 aliphatic carbocycles. The average Bonchev–Trinajstić information content (AvgIpc) is 2.21. The molecule has 15 heavy (non-hydrogen) atoms. The first kappa shape index (κ1) is 14.7. The van der Waals surface area contributed by atoms with Crippen molar-refractivity contribution in [3.63, 3.8) is 0 Å². The summed E-state index contributed by atoms with van der Waals surface area (Å²) in [6.07, 6.45) is -0.729. The Morgan fingerprint density at radius 1 is 1.13 bits per heavy atom. The van der Waals surface area contributed by atoms with Gasteiger partial charge in [0.15, 0.2) is 5.05 Å². The van der Waals surface area contributed by atoms with Crippen molar-refractivity contribution in [2.45, 2.75) is 13.0 Å². The molecule has 5 nitrogen and oxygen atoms in total. The van der Waals surface area contributed by atoms with E-state index in [-0.39, 0.29) is 11.7 Å². The molecular formula is C9H18O5S. The van der Waals surface area contributed by atoms with Crippen molar-refractivity contribution in [1.82, 2.24) is 0 Å². The maximum absolute atomic E-state index is 8.97. The summed E-state index contributed by atoms with van der Waals surface area (Å²) in [5.41, 5.74) is 0. The van der Waals surface area contributed by atoms with E-state index in [1.54, 1.807) is 6.92 Å². The highest BCUT2D eigenvalue weighted by molar-refractivity contribution is 7.80. The van der Waals surface area contributed by atoms with E-state index >= 15 is 0 Å². The lowest BCUT2D eigenvalue weighted by Crippen LogP contribution is -2.20. The molecular weight excluding hydrogens is 220 g/mol. The second-order valence-electron chi connectivity index (χ2n) is 2.79. The molecule has 0 aliphatic rings. The fraction of sp³-hybridized carbons (Fsp3) is 0.889. The zero-order valence-corrected chi connectivity index (χ0v) is 9.66. The smallest absolute Gasteiger partial charge is 0.188 e. The van der Waals surface area contributed by atoms with Crippen LogP contribution in [-0.4, -0.2) is 61.0 Å². The lowest BCUT2D eigenvalue weighted by Gasteiger charge is -2.09. The minimum atomic E-state index is -0.729. The largest absolute Gasteiger partial charge is 0.482 e. The Labute approximate surface area is 94.9 Å². The van der Waals surface area contributed by atoms with Crippen LogP contribution in [0.4, 0.5) is 0 Å². The van der Waals surface area contributed by atoms with Crippen LogP contribution in [-0.2, 0) is 14.2 Å². The average molecular weight is 238 g/mol. The predicted molar refractivity (Wildman–Crippen MR) is 59.0 cm³/mol. The van der Waals surface area contributed by atoms with E-state index in [0.29, 0.717) is 33.0 Å². The zero-order valence-electron chi connectivity index (χ0n) is 8.85. The number of hydrogen-bond acceptors (Lipinski definition) is 6. The summed E-state index contributed by atoms with van der Waals surface area (Å²) < 4.78 is 15.1. The molecule has 0 bridgehead atoms. The van der Waals surface area contributed by atoms with Crippen LogP contribution in [0.2, 0.25) is 0 Å². The van der Waals surface area contributed by atoms with Gasteiger partial charge in [-0.25, -0.2) is 0 Å². The number of hydrogen-bond donors (Lipinski definition) is 2. The van der Waals surface area contributed by atoms with E-state index < -0.39 is 6.10 Å². The van der Waals surface area contributed by atoms with Crippen molar-refractivity contribution < 1.29 is 24.4 Å². The molecule has 0 aromatic carbocycles. The molecule has 1 unspecified atom stereocenters. The number of aliphatic hydroxyl groups is 2. The fourth-order valence-electron chi connectivity index (χ4n) is 0.708. The number of ether oxygens (including phenoxy) is 3. The van der Waals surface area contributed by atoms with Crippen molar-refractivity contribution >= 4 is 17.3 Å². The van der Waals surface area contributed by atoms with Gasteiger partial charge in [0.25, 0.3) is 0 Å². The van der Waals surface area contributed by atoms with Gasteiger partial charge in [-0.3, -0.25) is 0 Å². The van der Waals surface area contributed by atoms with E-state index in [0.717, 1.165) is 0 Å². The van der Waals surface area contributed by atoms with Crippen LogP contribution in [0.3, 0.4) is 0 Å². The monoisotopic (exact) mass is 238 g/mol. The quantitative estimate of drug-likeness (QED) is 0.426. The van der Waals surface area contributed by atoms with E-state index in [4.69, 9.17) is 36.6 Å². The third-order valence-electron chi connectivity index (χ3n) is 1.42. The SMILES string of the molecule is CC(O)C(=S)OCCOCCOCCO. The van der Waals surface area contributed by atoms with Crippen LogP contribution in [0.5, 0.6) is 0 Å². The number of rotatable bonds is 9. The number of thiocarbonyl (C=S) groups is 1. The molecule has 90 valence electrons. The second kappa shape index (κ2) is 10.3. The first-order chi connectivity index (χ1) is 7.18. The van der Waals surface area contributed by atoms with Gasteiger partial charge in [-0.2, -0.15) is 0 Å². The van der Waals surface area contributed by atoms with Crippen LogP contribution in [0.15, 0.2) is 0 Å². The van der Waals surface area contributed by atoms with Gasteiger partial charge < -0.3 is 24.4 Å². The van der Waals surface area contributed by atoms with Gasteiger partial charge in [0, 0.05) is 0 Å². The Morgan fingerprint density at radius 2 is 1.67 bits per heavy atom. The normalized spacial score (nSPS) is 12.5. The van der Waals surface area contributed by atoms with Crippen molar-refractivity contribution in [3.05, 3.63) is 0 Å². The molecule has 6 heteroatoms. The lowest BCUT2D eigenvalue weighted by molar-refractivity contribution is 0.0227. The number of aliphatic hydroxyl groups excluding tert-OH is 2. The summed E-state index contributed by atoms with van der Waals surface area (Å²) in [5.74, 6) is 0. The van der Waals surface area contributed by atoms with Gasteiger partial charge in [-0.15, -0.1) is 0 Å². The molecule has 0 saturated heterocycles. The van der Waals surface area contributed by atoms with Gasteiger partial charge in [-0.05, 0) is 19.1 Å². The topological polar surface area (TPSA) is 68.2 Å². The first-order valence-corrected chi connectivity index (χ1v) is 5.20. The van der Waals surface area contributed by atoms with E-state index in [1.165, 1.54) is 0 Å². The Hall–Kier alpha value is -0.270. The molecule has 0 radical (unpaired) electrons. The summed E-state index contributed by atoms with van der Waals surface area (Å²) >= 11 is 4.73. The molecule has 0 aliphatic heterocycles. The minimum Gasteiger partial charge on any atom is -0.482 e. The van der Waals surface area contributed by atoms with Gasteiger partial charge in [-0.1, -0.05) is 0 Å². The molecule has 0 saturated carbocycles. The highest BCUT2D eigenvalue weighted by Gasteiger charge is 2.03. The second-order valence-corrected chi connectivity index (χ2v) is 3.19. The summed E-state index contributed by atoms with van der Waals surface area (Å²) in [6.45, 7) is 3.51. The standard InChI is InChI=1S/C9H18O5S/c1-8(11)9(15)14-7-6-13-5-4-12-3-2-10/h8,10-11H,2-7H2,1H3. The van der Waals surface area contributed by atoms with Gasteiger partial charge in [0.1, 0.15) is 12.7 Å². The van der Waals surface area contributed by atoms with Gasteiger partial charge in [0.2, 0.25) is 0 Å². The Bertz CT molecular complexity index is 163. The Morgan fingerprint density at radius 3 is 2.20 bits per heavy atom. The van der Waals surface area contributed by atoms with Crippen molar-refractivity contribution in [1.29, 1.82) is 0 Å². The Kier molecular flexibility index (Phi) is 10.1. The van der Waals surface area contributed by atoms with Crippen molar-refractivity contribution in [2.75, 3.05) is 39.6 Å². The maximum Gasteiger partial charge on any atom is 0.188 e. The minimum absolute atomic E-state index is 0.0196. The first-order valence-electron chi connectivity index (χ1n) is 4.79. The molecule has 1 atom stereocenters. The van der Waals surface area contributed by atoms with Crippen molar-refractivity contribution in [3.8, 4) is 0 Å². The predicted octanol–water partition coefficient (Wildman–Crippen LogP) is -0.263. The van der Waals surface area contributed by atoms with E-state index in [1.807, 2.05) is 0 Å². The third-order valence-corrected chi connectivity index (χ3v) is 1.88. The zero-order chi connectivity index (χ0) is 11.5. The highest BCUT2D eigenvalue weighted by atomic mass is 32.1. The molecule has 0 heterocycles. The van der Waals surface area contributed by atoms with Crippen LogP contribution >= 0.6 is 12.2 Å². The van der Waals surface area contributed by atoms with Crippen LogP contribution in [0, 0.1) is 0 Å². The summed E-state index contributed by atoms with van der Waals surface area (Å²) in [7, 11) is 0. The van der Waals surface area contributed by atoms with Crippen molar-refractivity contribution in [2.24, 2.45) is 0 Å². The molecule has 0 fully saturated rings. The molecule has 0 spiro atoms. The summed E-state index contributed by atoms with van der Waals surface area (Å²) in [4.78, 5) is 0. The van der Waals surface area contributed by atoms with Crippen LogP contribution in [0.1, 0.15) is 6.92 Å². The van der Waals surface area contributed by atoms with Crippen LogP contribution < -0.4 is 0 Å². The molecule has 2 N–H and O–H groups in total. The summed E-state index contributed by atoms with van der Waals surface area (Å²) in [6, 6.07) is 0. The lowest BCUT2D eigenvalue weighted by atomic mass is 10.4. The third kappa shape index (κ3) is 10.0. The molecule has 0 amide bonds.